The van der Waals surface area contributed by atoms with Gasteiger partial charge in [-0.3, -0.25) is 9.59 Å². The van der Waals surface area contributed by atoms with E-state index in [0.29, 0.717) is 43.4 Å². The van der Waals surface area contributed by atoms with Gasteiger partial charge < -0.3 is 28.5 Å². The molecule has 0 bridgehead atoms. The van der Waals surface area contributed by atoms with Crippen molar-refractivity contribution in [1.29, 1.82) is 0 Å². The number of carbonyl (C=O) groups is 6. The first kappa shape index (κ1) is 52.7. The standard InChI is InChI=1S/C61H46N6O10S2/c1-34(62-74-36(3)68)40-11-19-46(20-12-40)66-54-23-15-42(29-48(54)50-31-44(17-25-56(50)66)60(72)58-9-7-27-78-58)52(64-76-38(5)70)33-53(65-77-39(6)71)43-16-24-55-49(30-43)51-32-45(61(73)59-10-8-28-79-59)18-26-57(51)67(55)47-21-13-41(14-22-47)35(2)63-75-37(4)69/h7-32H,33H2,1-6H3/b62-34+,63-35+,64-52-,65-53-. The number of aromatic nitrogens is 2. The van der Waals surface area contributed by atoms with E-state index < -0.39 is 23.9 Å². The number of nitrogens with zero attached hydrogens (tertiary/aromatic N) is 6. The fourth-order valence-corrected chi connectivity index (χ4v) is 10.6. The van der Waals surface area contributed by atoms with Crippen LogP contribution < -0.4 is 0 Å². The molecule has 0 amide bonds. The number of thiophene rings is 2. The van der Waals surface area contributed by atoms with Gasteiger partial charge in [-0.2, -0.15) is 0 Å². The fraction of sp³-hybridized carbons (Fsp3) is 0.115. The van der Waals surface area contributed by atoms with E-state index in [2.05, 4.69) is 29.8 Å². The zero-order valence-corrected chi connectivity index (χ0v) is 44.9. The molecule has 0 aliphatic heterocycles. The molecule has 6 aromatic carbocycles. The Balaban J connectivity index is 1.11. The number of hydrogen-bond acceptors (Lipinski definition) is 16. The molecule has 10 aromatic rings. The van der Waals surface area contributed by atoms with Crippen LogP contribution >= 0.6 is 22.7 Å². The summed E-state index contributed by atoms with van der Waals surface area (Å²) in [6.07, 6.45) is -0.121. The average molecular weight is 1090 g/mol. The van der Waals surface area contributed by atoms with Gasteiger partial charge in [-0.1, -0.05) is 69.2 Å². The third kappa shape index (κ3) is 11.1. The van der Waals surface area contributed by atoms with Crippen molar-refractivity contribution in [2.45, 2.75) is 48.0 Å². The van der Waals surface area contributed by atoms with Crippen molar-refractivity contribution < 1.29 is 48.1 Å². The second-order valence-electron chi connectivity index (χ2n) is 18.2. The van der Waals surface area contributed by atoms with Crippen LogP contribution in [0.15, 0.2) is 177 Å². The molecule has 10 rings (SSSR count). The van der Waals surface area contributed by atoms with E-state index in [1.54, 1.807) is 38.1 Å². The van der Waals surface area contributed by atoms with E-state index in [0.717, 1.165) is 66.1 Å². The first-order chi connectivity index (χ1) is 38.1. The van der Waals surface area contributed by atoms with Gasteiger partial charge in [-0.25, -0.2) is 19.2 Å². The van der Waals surface area contributed by atoms with Crippen molar-refractivity contribution in [1.82, 2.24) is 9.13 Å². The predicted octanol–water partition coefficient (Wildman–Crippen LogP) is 12.7. The van der Waals surface area contributed by atoms with Crippen LogP contribution in [-0.4, -0.2) is 67.4 Å². The van der Waals surface area contributed by atoms with Crippen molar-refractivity contribution in [3.63, 3.8) is 0 Å². The average Bonchev–Trinajstić information content (AvgIpc) is 4.38. The largest absolute Gasteiger partial charge is 0.331 e. The molecule has 392 valence electrons. The third-order valence-electron chi connectivity index (χ3n) is 12.8. The Hall–Kier alpha value is -9.78. The summed E-state index contributed by atoms with van der Waals surface area (Å²) >= 11 is 2.71. The minimum Gasteiger partial charge on any atom is -0.318 e. The Kier molecular flexibility index (Phi) is 15.0. The van der Waals surface area contributed by atoms with Gasteiger partial charge in [-0.05, 0) is 133 Å². The van der Waals surface area contributed by atoms with Gasteiger partial charge in [0, 0.05) is 89.3 Å². The molecule has 4 heterocycles. The van der Waals surface area contributed by atoms with E-state index in [4.69, 9.17) is 19.4 Å². The zero-order valence-electron chi connectivity index (χ0n) is 43.3. The summed E-state index contributed by atoms with van der Waals surface area (Å²) in [7, 11) is 0. The lowest BCUT2D eigenvalue weighted by Gasteiger charge is -2.12. The monoisotopic (exact) mass is 1090 g/mol. The third-order valence-corrected chi connectivity index (χ3v) is 14.6. The number of oxime groups is 4. The van der Waals surface area contributed by atoms with Crippen LogP contribution in [0.4, 0.5) is 0 Å². The quantitative estimate of drug-likeness (QED) is 0.0388. The summed E-state index contributed by atoms with van der Waals surface area (Å²) in [5.74, 6) is -2.69. The minimum absolute atomic E-state index is 0.121. The number of ketones is 2. The van der Waals surface area contributed by atoms with Crippen LogP contribution in [0.3, 0.4) is 0 Å². The summed E-state index contributed by atoms with van der Waals surface area (Å²) in [5, 5.41) is 23.3. The smallest absolute Gasteiger partial charge is 0.318 e. The maximum Gasteiger partial charge on any atom is 0.331 e. The molecule has 4 aromatic heterocycles. The summed E-state index contributed by atoms with van der Waals surface area (Å²) in [6.45, 7) is 8.51. The van der Waals surface area contributed by atoms with Crippen LogP contribution in [0.1, 0.15) is 101 Å². The summed E-state index contributed by atoms with van der Waals surface area (Å²) in [4.78, 5) is 97.4. The maximum absolute atomic E-state index is 13.9. The van der Waals surface area contributed by atoms with Crippen LogP contribution in [0.5, 0.6) is 0 Å². The van der Waals surface area contributed by atoms with Crippen molar-refractivity contribution in [2.75, 3.05) is 0 Å². The van der Waals surface area contributed by atoms with Crippen molar-refractivity contribution in [3.8, 4) is 11.4 Å². The number of benzene rings is 6. The zero-order chi connectivity index (χ0) is 55.5. The van der Waals surface area contributed by atoms with E-state index in [-0.39, 0.29) is 29.4 Å². The Morgan fingerprint density at radius 3 is 1.00 bits per heavy atom. The van der Waals surface area contributed by atoms with E-state index in [1.807, 2.05) is 132 Å². The molecule has 0 aliphatic rings. The topological polar surface area (TPSA) is 199 Å². The molecule has 0 spiro atoms. The molecule has 0 atom stereocenters. The van der Waals surface area contributed by atoms with Crippen LogP contribution in [0, 0.1) is 0 Å². The second-order valence-corrected chi connectivity index (χ2v) is 20.1. The van der Waals surface area contributed by atoms with E-state index in [9.17, 15) is 28.8 Å². The molecule has 79 heavy (non-hydrogen) atoms. The first-order valence-corrected chi connectivity index (χ1v) is 26.4. The molecule has 0 unspecified atom stereocenters. The highest BCUT2D eigenvalue weighted by molar-refractivity contribution is 7.12. The Bertz CT molecular complexity index is 3950. The van der Waals surface area contributed by atoms with Crippen LogP contribution in [0.25, 0.3) is 55.0 Å². The molecule has 16 nitrogen and oxygen atoms in total. The highest BCUT2D eigenvalue weighted by Gasteiger charge is 2.23. The maximum atomic E-state index is 13.9. The molecular formula is C61H46N6O10S2. The summed E-state index contributed by atoms with van der Waals surface area (Å²) in [6, 6.07) is 44.8. The van der Waals surface area contributed by atoms with Gasteiger partial charge in [-0.15, -0.1) is 22.7 Å². The van der Waals surface area contributed by atoms with Crippen LogP contribution in [-0.2, 0) is 38.5 Å². The second kappa shape index (κ2) is 22.4. The lowest BCUT2D eigenvalue weighted by atomic mass is 9.97. The predicted molar refractivity (Wildman–Crippen MR) is 306 cm³/mol. The van der Waals surface area contributed by atoms with Crippen molar-refractivity contribution in [3.05, 3.63) is 199 Å². The Morgan fingerprint density at radius 1 is 0.380 bits per heavy atom. The van der Waals surface area contributed by atoms with Gasteiger partial charge in [0.25, 0.3) is 0 Å². The highest BCUT2D eigenvalue weighted by Crippen LogP contribution is 2.37. The number of rotatable bonds is 16. The van der Waals surface area contributed by atoms with E-state index in [1.165, 1.54) is 50.4 Å². The normalized spacial score (nSPS) is 12.3. The lowest BCUT2D eigenvalue weighted by Crippen LogP contribution is -2.13. The van der Waals surface area contributed by atoms with Gasteiger partial charge in [0.2, 0.25) is 11.6 Å². The Labute approximate surface area is 459 Å². The molecule has 0 radical (unpaired) electrons. The molecule has 0 aliphatic carbocycles. The molecular weight excluding hydrogens is 1040 g/mol. The fourth-order valence-electron chi connectivity index (χ4n) is 9.19. The number of carbonyl (C=O) groups excluding carboxylic acids is 6. The van der Waals surface area contributed by atoms with Gasteiger partial charge in [0.05, 0.1) is 54.7 Å². The first-order valence-electron chi connectivity index (χ1n) is 24.6. The van der Waals surface area contributed by atoms with Crippen LogP contribution in [0.2, 0.25) is 0 Å². The molecule has 0 saturated carbocycles. The summed E-state index contributed by atoms with van der Waals surface area (Å²) < 4.78 is 4.13. The molecule has 0 fully saturated rings. The van der Waals surface area contributed by atoms with Gasteiger partial charge >= 0.3 is 23.9 Å². The minimum atomic E-state index is -0.677. The van der Waals surface area contributed by atoms with Crippen molar-refractivity contribution >= 4 is 125 Å². The molecule has 0 N–H and O–H groups in total. The highest BCUT2D eigenvalue weighted by atomic mass is 32.1. The SMILES string of the molecule is CC(=O)O/N=C(/C/C(=N/OC(C)=O)c1ccc2c(c1)c1cc(C(=O)c3cccs3)ccc1n2-c1ccc(/C(C)=N/OC(C)=O)cc1)c1ccc2c(c1)c1cc(C(=O)c3cccs3)ccc1n2-c1ccc(/C(C)=N/OC(C)=O)cc1. The molecule has 18 heteroatoms. The molecule has 0 saturated heterocycles. The number of hydrogen-bond donors (Lipinski definition) is 0. The van der Waals surface area contributed by atoms with E-state index >= 15 is 0 Å². The number of fused-ring (bicyclic) bond motifs is 6. The van der Waals surface area contributed by atoms with Gasteiger partial charge in [0.1, 0.15) is 0 Å². The lowest BCUT2D eigenvalue weighted by molar-refractivity contribution is -0.141. The van der Waals surface area contributed by atoms with Gasteiger partial charge in [0.15, 0.2) is 0 Å². The van der Waals surface area contributed by atoms with Crippen molar-refractivity contribution in [2.24, 2.45) is 20.6 Å². The summed E-state index contributed by atoms with van der Waals surface area (Å²) in [5.41, 5.74) is 9.70. The Morgan fingerprint density at radius 2 is 0.684 bits per heavy atom.